The third-order valence-corrected chi connectivity index (χ3v) is 4.04. The van der Waals surface area contributed by atoms with E-state index in [1.165, 1.54) is 19.5 Å². The van der Waals surface area contributed by atoms with Crippen molar-refractivity contribution in [3.05, 3.63) is 0 Å². The van der Waals surface area contributed by atoms with Crippen molar-refractivity contribution in [2.45, 2.75) is 41.0 Å². The quantitative estimate of drug-likeness (QED) is 0.663. The van der Waals surface area contributed by atoms with Gasteiger partial charge >= 0.3 is 0 Å². The molecule has 0 aliphatic carbocycles. The minimum atomic E-state index is 0.396. The van der Waals surface area contributed by atoms with E-state index >= 15 is 0 Å². The number of alkyl halides is 1. The van der Waals surface area contributed by atoms with Crippen LogP contribution < -0.4 is 0 Å². The molecule has 0 N–H and O–H groups in total. The van der Waals surface area contributed by atoms with Crippen LogP contribution in [0.15, 0.2) is 0 Å². The van der Waals surface area contributed by atoms with Crippen molar-refractivity contribution in [1.29, 1.82) is 0 Å². The lowest BCUT2D eigenvalue weighted by Gasteiger charge is -2.33. The first-order valence-corrected chi connectivity index (χ1v) is 7.17. The van der Waals surface area contributed by atoms with Gasteiger partial charge in [-0.25, -0.2) is 0 Å². The summed E-state index contributed by atoms with van der Waals surface area (Å²) in [7, 11) is 2.24. The van der Waals surface area contributed by atoms with Gasteiger partial charge in [-0.2, -0.15) is 0 Å². The van der Waals surface area contributed by atoms with E-state index in [1.54, 1.807) is 0 Å². The predicted octanol–water partition coefficient (Wildman–Crippen LogP) is 4.02. The van der Waals surface area contributed by atoms with E-state index in [0.29, 0.717) is 5.41 Å². The van der Waals surface area contributed by atoms with E-state index in [-0.39, 0.29) is 0 Å². The van der Waals surface area contributed by atoms with Gasteiger partial charge in [-0.05, 0) is 24.3 Å². The molecule has 0 aromatic heterocycles. The highest BCUT2D eigenvalue weighted by Crippen LogP contribution is 2.28. The molecule has 0 bridgehead atoms. The van der Waals surface area contributed by atoms with Crippen molar-refractivity contribution in [2.24, 2.45) is 17.3 Å². The molecule has 0 aromatic carbocycles. The van der Waals surface area contributed by atoms with E-state index in [0.717, 1.165) is 17.2 Å². The molecule has 92 valence electrons. The highest BCUT2D eigenvalue weighted by atomic mass is 79.9. The van der Waals surface area contributed by atoms with Crippen LogP contribution in [0.2, 0.25) is 0 Å². The molecule has 0 aliphatic heterocycles. The molecule has 0 heterocycles. The molecule has 0 spiro atoms. The maximum atomic E-state index is 3.64. The molecule has 0 radical (unpaired) electrons. The van der Waals surface area contributed by atoms with E-state index < -0.39 is 0 Å². The van der Waals surface area contributed by atoms with Gasteiger partial charge in [0.25, 0.3) is 0 Å². The van der Waals surface area contributed by atoms with Gasteiger partial charge in [-0.15, -0.1) is 0 Å². The zero-order chi connectivity index (χ0) is 12.1. The third kappa shape index (κ3) is 6.57. The van der Waals surface area contributed by atoms with Crippen molar-refractivity contribution in [3.63, 3.8) is 0 Å². The van der Waals surface area contributed by atoms with Crippen LogP contribution in [0, 0.1) is 17.3 Å². The van der Waals surface area contributed by atoms with Gasteiger partial charge < -0.3 is 4.90 Å². The molecule has 2 atom stereocenters. The van der Waals surface area contributed by atoms with Crippen LogP contribution in [-0.4, -0.2) is 30.4 Å². The molecule has 0 fully saturated rings. The Bertz CT molecular complexity index is 162. The van der Waals surface area contributed by atoms with E-state index in [2.05, 4.69) is 62.5 Å². The average Bonchev–Trinajstić information content (AvgIpc) is 2.12. The summed E-state index contributed by atoms with van der Waals surface area (Å²) in [6.07, 6.45) is 1.28. The Morgan fingerprint density at radius 1 is 1.20 bits per heavy atom. The van der Waals surface area contributed by atoms with Crippen LogP contribution in [0.5, 0.6) is 0 Å². The molecule has 1 nitrogen and oxygen atoms in total. The lowest BCUT2D eigenvalue weighted by atomic mass is 9.82. The van der Waals surface area contributed by atoms with Gasteiger partial charge in [-0.1, -0.05) is 57.0 Å². The second-order valence-corrected chi connectivity index (χ2v) is 6.60. The average molecular weight is 278 g/mol. The van der Waals surface area contributed by atoms with Crippen molar-refractivity contribution < 1.29 is 0 Å². The topological polar surface area (TPSA) is 3.24 Å². The Labute approximate surface area is 105 Å². The second-order valence-electron chi connectivity index (χ2n) is 5.95. The van der Waals surface area contributed by atoms with Crippen molar-refractivity contribution >= 4 is 15.9 Å². The normalized spacial score (nSPS) is 16.8. The molecule has 2 heteroatoms. The van der Waals surface area contributed by atoms with Crippen molar-refractivity contribution in [2.75, 3.05) is 25.5 Å². The number of hydrogen-bond donors (Lipinski definition) is 0. The van der Waals surface area contributed by atoms with Crippen molar-refractivity contribution in [1.82, 2.24) is 4.90 Å². The fraction of sp³-hybridized carbons (Fsp3) is 1.00. The summed E-state index contributed by atoms with van der Waals surface area (Å²) >= 11 is 3.64. The van der Waals surface area contributed by atoms with Crippen LogP contribution in [0.3, 0.4) is 0 Å². The first-order chi connectivity index (χ1) is 6.81. The zero-order valence-corrected chi connectivity index (χ0v) is 12.9. The number of halogens is 1. The van der Waals surface area contributed by atoms with Gasteiger partial charge in [0.1, 0.15) is 0 Å². The molecule has 0 amide bonds. The Morgan fingerprint density at radius 3 is 2.07 bits per heavy atom. The van der Waals surface area contributed by atoms with Crippen LogP contribution in [0.1, 0.15) is 41.0 Å². The third-order valence-electron chi connectivity index (χ3n) is 3.26. The predicted molar refractivity (Wildman–Crippen MR) is 73.7 cm³/mol. The van der Waals surface area contributed by atoms with Crippen LogP contribution >= 0.6 is 15.9 Å². The molecule has 0 saturated heterocycles. The molecule has 15 heavy (non-hydrogen) atoms. The summed E-state index contributed by atoms with van der Waals surface area (Å²) in [6, 6.07) is 0. The first-order valence-electron chi connectivity index (χ1n) is 6.05. The maximum absolute atomic E-state index is 3.64. The summed E-state index contributed by atoms with van der Waals surface area (Å²) in [4.78, 5) is 2.48. The van der Waals surface area contributed by atoms with Crippen molar-refractivity contribution in [3.8, 4) is 0 Å². The summed E-state index contributed by atoms with van der Waals surface area (Å²) in [5, 5.41) is 1.10. The summed E-state index contributed by atoms with van der Waals surface area (Å²) < 4.78 is 0. The largest absolute Gasteiger partial charge is 0.306 e. The van der Waals surface area contributed by atoms with Crippen LogP contribution in [-0.2, 0) is 0 Å². The maximum Gasteiger partial charge on any atom is 0.00768 e. The van der Waals surface area contributed by atoms with Gasteiger partial charge in [0.05, 0.1) is 0 Å². The zero-order valence-electron chi connectivity index (χ0n) is 11.3. The van der Waals surface area contributed by atoms with E-state index in [4.69, 9.17) is 0 Å². The molecule has 0 saturated carbocycles. The first kappa shape index (κ1) is 15.4. The van der Waals surface area contributed by atoms with Gasteiger partial charge in [0.2, 0.25) is 0 Å². The van der Waals surface area contributed by atoms with Gasteiger partial charge in [-0.3, -0.25) is 0 Å². The minimum Gasteiger partial charge on any atom is -0.306 e. The van der Waals surface area contributed by atoms with E-state index in [1.807, 2.05) is 0 Å². The molecule has 0 aliphatic rings. The smallest absolute Gasteiger partial charge is 0.00768 e. The number of hydrogen-bond acceptors (Lipinski definition) is 1. The molecule has 2 unspecified atom stereocenters. The fourth-order valence-corrected chi connectivity index (χ4v) is 2.84. The SMILES string of the molecule is CCC(C)CN(C)CC(CBr)C(C)(C)C. The summed E-state index contributed by atoms with van der Waals surface area (Å²) in [5.41, 5.74) is 0.396. The van der Waals surface area contributed by atoms with Crippen LogP contribution in [0.4, 0.5) is 0 Å². The fourth-order valence-electron chi connectivity index (χ4n) is 1.67. The minimum absolute atomic E-state index is 0.396. The van der Waals surface area contributed by atoms with E-state index in [9.17, 15) is 0 Å². The Morgan fingerprint density at radius 2 is 1.73 bits per heavy atom. The molecular formula is C13H28BrN. The second kappa shape index (κ2) is 6.90. The van der Waals surface area contributed by atoms with Gasteiger partial charge in [0, 0.05) is 18.4 Å². The lowest BCUT2D eigenvalue weighted by Crippen LogP contribution is -2.36. The van der Waals surface area contributed by atoms with Gasteiger partial charge in [0.15, 0.2) is 0 Å². The summed E-state index contributed by atoms with van der Waals surface area (Å²) in [6.45, 7) is 14.0. The highest BCUT2D eigenvalue weighted by Gasteiger charge is 2.24. The Kier molecular flexibility index (Phi) is 7.10. The standard InChI is InChI=1S/C13H28BrN/c1-7-11(2)9-15(6)10-12(8-14)13(3,4)5/h11-12H,7-10H2,1-6H3. The number of nitrogens with zero attached hydrogens (tertiary/aromatic N) is 1. The lowest BCUT2D eigenvalue weighted by molar-refractivity contribution is 0.174. The Hall–Kier alpha value is 0.440. The highest BCUT2D eigenvalue weighted by molar-refractivity contribution is 9.09. The molecular weight excluding hydrogens is 250 g/mol. The molecule has 0 aromatic rings. The number of rotatable bonds is 6. The monoisotopic (exact) mass is 277 g/mol. The molecule has 0 rings (SSSR count). The summed E-state index contributed by atoms with van der Waals surface area (Å²) in [5.74, 6) is 1.54. The Balaban J connectivity index is 4.07. The van der Waals surface area contributed by atoms with Crippen LogP contribution in [0.25, 0.3) is 0 Å².